The molecule has 6 nitrogen and oxygen atoms in total. The Bertz CT molecular complexity index is 586. The number of hydrogen-bond donors (Lipinski definition) is 1. The lowest BCUT2D eigenvalue weighted by Gasteiger charge is -1.95. The lowest BCUT2D eigenvalue weighted by molar-refractivity contribution is -0.391. The predicted molar refractivity (Wildman–Crippen MR) is 58.2 cm³/mol. The number of pyridine rings is 1. The third-order valence-corrected chi connectivity index (χ3v) is 2.79. The Kier molecular flexibility index (Phi) is 1.68. The smallest absolute Gasteiger partial charge is 0.351 e. The number of nitrogens with two attached hydrogens (primary N) is 1. The Labute approximate surface area is 90.9 Å². The van der Waals surface area contributed by atoms with Crippen LogP contribution >= 0.6 is 0 Å². The average molecular weight is 218 g/mol. The van der Waals surface area contributed by atoms with Gasteiger partial charge in [-0.2, -0.15) is 4.40 Å². The van der Waals surface area contributed by atoms with Gasteiger partial charge >= 0.3 is 5.82 Å². The molecular formula is C10H10N4O2. The summed E-state index contributed by atoms with van der Waals surface area (Å²) in [5.74, 6) is 0.332. The Morgan fingerprint density at radius 2 is 2.31 bits per heavy atom. The summed E-state index contributed by atoms with van der Waals surface area (Å²) in [7, 11) is 0. The lowest BCUT2D eigenvalue weighted by atomic mass is 10.3. The summed E-state index contributed by atoms with van der Waals surface area (Å²) in [6.07, 6.45) is 3.57. The molecule has 3 rings (SSSR count). The van der Waals surface area contributed by atoms with Gasteiger partial charge < -0.3 is 15.8 Å². The van der Waals surface area contributed by atoms with Crippen LogP contribution in [-0.2, 0) is 0 Å². The molecule has 2 aromatic heterocycles. The highest BCUT2D eigenvalue weighted by atomic mass is 16.6. The van der Waals surface area contributed by atoms with Crippen molar-refractivity contribution in [3.8, 4) is 0 Å². The van der Waals surface area contributed by atoms with Crippen LogP contribution in [0.5, 0.6) is 0 Å². The Hall–Kier alpha value is -2.11. The molecule has 0 atom stereocenters. The second-order valence-corrected chi connectivity index (χ2v) is 4.04. The minimum atomic E-state index is -0.371. The van der Waals surface area contributed by atoms with Crippen molar-refractivity contribution in [1.82, 2.24) is 9.38 Å². The highest BCUT2D eigenvalue weighted by Gasteiger charge is 2.35. The van der Waals surface area contributed by atoms with Crippen molar-refractivity contribution in [1.29, 1.82) is 0 Å². The van der Waals surface area contributed by atoms with Crippen molar-refractivity contribution in [3.63, 3.8) is 0 Å². The number of hydrogen-bond acceptors (Lipinski definition) is 4. The number of nitro groups is 1. The van der Waals surface area contributed by atoms with E-state index in [9.17, 15) is 10.1 Å². The van der Waals surface area contributed by atoms with E-state index in [4.69, 9.17) is 5.73 Å². The van der Waals surface area contributed by atoms with E-state index in [2.05, 4.69) is 4.98 Å². The molecule has 16 heavy (non-hydrogen) atoms. The van der Waals surface area contributed by atoms with Crippen molar-refractivity contribution in [2.75, 3.05) is 5.73 Å². The van der Waals surface area contributed by atoms with E-state index >= 15 is 0 Å². The van der Waals surface area contributed by atoms with Gasteiger partial charge in [0.15, 0.2) is 0 Å². The number of nitrogen functional groups attached to an aromatic ring is 1. The topological polar surface area (TPSA) is 86.5 Å². The van der Waals surface area contributed by atoms with E-state index in [-0.39, 0.29) is 16.7 Å². The van der Waals surface area contributed by atoms with Crippen LogP contribution in [0.25, 0.3) is 5.65 Å². The molecule has 0 aliphatic heterocycles. The van der Waals surface area contributed by atoms with Crippen LogP contribution in [0.15, 0.2) is 18.3 Å². The summed E-state index contributed by atoms with van der Waals surface area (Å²) in [5.41, 5.74) is 7.34. The van der Waals surface area contributed by atoms with Crippen molar-refractivity contribution >= 4 is 17.2 Å². The fourth-order valence-electron chi connectivity index (χ4n) is 1.88. The van der Waals surface area contributed by atoms with Crippen LogP contribution in [0.1, 0.15) is 24.5 Å². The molecule has 0 bridgehead atoms. The average Bonchev–Trinajstić information content (AvgIpc) is 2.99. The SMILES string of the molecule is Nc1ccn2c([N+](=O)[O-])c(C3CC3)nc2c1. The number of nitrogens with zero attached hydrogens (tertiary/aromatic N) is 3. The maximum Gasteiger partial charge on any atom is 0.351 e. The first kappa shape index (κ1) is 9.14. The van der Waals surface area contributed by atoms with Gasteiger partial charge in [0.1, 0.15) is 11.9 Å². The number of fused-ring (bicyclic) bond motifs is 1. The second-order valence-electron chi connectivity index (χ2n) is 4.04. The summed E-state index contributed by atoms with van der Waals surface area (Å²) in [4.78, 5) is 15.0. The Morgan fingerprint density at radius 3 is 2.94 bits per heavy atom. The monoisotopic (exact) mass is 218 g/mol. The summed E-state index contributed by atoms with van der Waals surface area (Å²) in [5, 5.41) is 11.0. The van der Waals surface area contributed by atoms with E-state index < -0.39 is 0 Å². The molecule has 6 heteroatoms. The van der Waals surface area contributed by atoms with E-state index in [0.29, 0.717) is 17.0 Å². The summed E-state index contributed by atoms with van der Waals surface area (Å²) in [6, 6.07) is 3.29. The third kappa shape index (κ3) is 1.23. The molecule has 1 fully saturated rings. The molecule has 0 radical (unpaired) electrons. The number of aromatic nitrogens is 2. The van der Waals surface area contributed by atoms with Gasteiger partial charge in [-0.15, -0.1) is 0 Å². The van der Waals surface area contributed by atoms with Gasteiger partial charge in [0.2, 0.25) is 5.65 Å². The molecule has 0 aromatic carbocycles. The van der Waals surface area contributed by atoms with Crippen LogP contribution in [0, 0.1) is 10.1 Å². The number of anilines is 1. The van der Waals surface area contributed by atoms with Gasteiger partial charge in [-0.3, -0.25) is 0 Å². The van der Waals surface area contributed by atoms with Crippen LogP contribution < -0.4 is 5.73 Å². The predicted octanol–water partition coefficient (Wildman–Crippen LogP) is 1.70. The van der Waals surface area contributed by atoms with E-state index in [1.54, 1.807) is 18.3 Å². The fraction of sp³-hybridized carbons (Fsp3) is 0.300. The number of rotatable bonds is 2. The van der Waals surface area contributed by atoms with Crippen LogP contribution in [-0.4, -0.2) is 14.3 Å². The lowest BCUT2D eigenvalue weighted by Crippen LogP contribution is -1.97. The Morgan fingerprint density at radius 1 is 1.56 bits per heavy atom. The zero-order valence-corrected chi connectivity index (χ0v) is 8.46. The summed E-state index contributed by atoms with van der Waals surface area (Å²) >= 11 is 0. The minimum absolute atomic E-state index is 0.0810. The van der Waals surface area contributed by atoms with Gasteiger partial charge in [0.05, 0.1) is 0 Å². The van der Waals surface area contributed by atoms with Gasteiger partial charge in [0.25, 0.3) is 0 Å². The maximum atomic E-state index is 11.0. The molecule has 0 unspecified atom stereocenters. The normalized spacial score (nSPS) is 15.5. The first-order valence-electron chi connectivity index (χ1n) is 5.08. The molecule has 0 spiro atoms. The third-order valence-electron chi connectivity index (χ3n) is 2.79. The van der Waals surface area contributed by atoms with Gasteiger partial charge in [-0.1, -0.05) is 0 Å². The zero-order chi connectivity index (χ0) is 11.3. The highest BCUT2D eigenvalue weighted by Crippen LogP contribution is 2.43. The van der Waals surface area contributed by atoms with Crippen molar-refractivity contribution in [2.24, 2.45) is 0 Å². The molecule has 0 saturated heterocycles. The molecule has 2 heterocycles. The van der Waals surface area contributed by atoms with Gasteiger partial charge in [-0.25, -0.2) is 4.98 Å². The zero-order valence-electron chi connectivity index (χ0n) is 8.46. The largest absolute Gasteiger partial charge is 0.398 e. The molecule has 2 aromatic rings. The molecule has 1 saturated carbocycles. The van der Waals surface area contributed by atoms with Gasteiger partial charge in [-0.05, 0) is 17.8 Å². The summed E-state index contributed by atoms with van der Waals surface area (Å²) < 4.78 is 1.49. The highest BCUT2D eigenvalue weighted by molar-refractivity contribution is 5.57. The minimum Gasteiger partial charge on any atom is -0.398 e. The van der Waals surface area contributed by atoms with E-state index in [0.717, 1.165) is 12.8 Å². The van der Waals surface area contributed by atoms with E-state index in [1.165, 1.54) is 4.40 Å². The maximum absolute atomic E-state index is 11.0. The Balaban J connectivity index is 2.32. The summed E-state index contributed by atoms with van der Waals surface area (Å²) in [6.45, 7) is 0. The second kappa shape index (κ2) is 2.94. The molecule has 1 aliphatic rings. The van der Waals surface area contributed by atoms with Crippen molar-refractivity contribution < 1.29 is 4.92 Å². The first-order chi connectivity index (χ1) is 7.66. The van der Waals surface area contributed by atoms with Crippen LogP contribution in [0.4, 0.5) is 11.5 Å². The number of imidazole rings is 1. The quantitative estimate of drug-likeness (QED) is 0.614. The molecule has 1 aliphatic carbocycles. The standard InChI is InChI=1S/C10H10N4O2/c11-7-3-4-13-8(5-7)12-9(6-1-2-6)10(13)14(15)16/h3-6H,1-2,11H2. The van der Waals surface area contributed by atoms with E-state index in [1.807, 2.05) is 0 Å². The molecule has 0 amide bonds. The molecular weight excluding hydrogens is 208 g/mol. The van der Waals surface area contributed by atoms with Crippen LogP contribution in [0.2, 0.25) is 0 Å². The molecule has 2 N–H and O–H groups in total. The molecule has 82 valence electrons. The van der Waals surface area contributed by atoms with Crippen molar-refractivity contribution in [3.05, 3.63) is 34.1 Å². The first-order valence-corrected chi connectivity index (χ1v) is 5.08. The van der Waals surface area contributed by atoms with Crippen LogP contribution in [0.3, 0.4) is 0 Å². The van der Waals surface area contributed by atoms with Crippen molar-refractivity contribution in [2.45, 2.75) is 18.8 Å². The fourth-order valence-corrected chi connectivity index (χ4v) is 1.88. The van der Waals surface area contributed by atoms with Gasteiger partial charge in [0, 0.05) is 23.7 Å².